The van der Waals surface area contributed by atoms with Crippen molar-refractivity contribution in [3.8, 4) is 0 Å². The van der Waals surface area contributed by atoms with E-state index in [1.165, 1.54) is 18.5 Å². The smallest absolute Gasteiger partial charge is 0.164 e. The molecule has 8 nitrogen and oxygen atoms in total. The number of hydrogen-bond donors (Lipinski definition) is 2. The molecule has 5 atom stereocenters. The average Bonchev–Trinajstić information content (AvgIpc) is 3.42. The van der Waals surface area contributed by atoms with Crippen LogP contribution < -0.4 is 0 Å². The summed E-state index contributed by atoms with van der Waals surface area (Å²) >= 11 is 12.1. The Balaban J connectivity index is 1.55. The number of hydrogen-bond acceptors (Lipinski definition) is 7. The quantitative estimate of drug-likeness (QED) is 0.519. The highest BCUT2D eigenvalue weighted by molar-refractivity contribution is 6.33. The molecule has 2 saturated heterocycles. The van der Waals surface area contributed by atoms with Gasteiger partial charge in [0.1, 0.15) is 47.4 Å². The number of aliphatic hydroxyl groups excluding tert-OH is 2. The molecule has 0 bridgehead atoms. The second kappa shape index (κ2) is 8.42. The van der Waals surface area contributed by atoms with Gasteiger partial charge in [-0.1, -0.05) is 29.3 Å². The molecule has 2 N–H and O–H groups in total. The number of rotatable bonds is 5. The van der Waals surface area contributed by atoms with Crippen LogP contribution in [0.15, 0.2) is 30.7 Å². The molecule has 5 rings (SSSR count). The summed E-state index contributed by atoms with van der Waals surface area (Å²) in [5.74, 6) is -1.61. The van der Waals surface area contributed by atoms with Gasteiger partial charge < -0.3 is 29.0 Å². The van der Waals surface area contributed by atoms with Crippen molar-refractivity contribution in [2.75, 3.05) is 6.61 Å². The van der Waals surface area contributed by atoms with E-state index in [0.29, 0.717) is 16.2 Å². The molecule has 33 heavy (non-hydrogen) atoms. The first-order valence-corrected chi connectivity index (χ1v) is 11.2. The first-order valence-electron chi connectivity index (χ1n) is 10.5. The van der Waals surface area contributed by atoms with Crippen molar-refractivity contribution >= 4 is 34.2 Å². The molecule has 0 saturated carbocycles. The third-order valence-corrected chi connectivity index (χ3v) is 6.62. The lowest BCUT2D eigenvalue weighted by atomic mass is 9.93. The van der Waals surface area contributed by atoms with Crippen molar-refractivity contribution in [3.05, 3.63) is 57.8 Å². The highest BCUT2D eigenvalue weighted by Crippen LogP contribution is 2.47. The molecule has 2 aromatic heterocycles. The minimum Gasteiger partial charge on any atom is -0.396 e. The minimum absolute atomic E-state index is 0.0104. The molecule has 0 aliphatic carbocycles. The fraction of sp³-hybridized carbons (Fsp3) is 0.455. The summed E-state index contributed by atoms with van der Waals surface area (Å²) in [5, 5.41) is 21.6. The zero-order valence-electron chi connectivity index (χ0n) is 17.8. The third kappa shape index (κ3) is 3.81. The monoisotopic (exact) mass is 497 g/mol. The number of benzene rings is 1. The highest BCUT2D eigenvalue weighted by atomic mass is 35.5. The van der Waals surface area contributed by atoms with Crippen molar-refractivity contribution in [1.29, 1.82) is 0 Å². The van der Waals surface area contributed by atoms with E-state index < -0.39 is 42.2 Å². The summed E-state index contributed by atoms with van der Waals surface area (Å²) in [6, 6.07) is 4.68. The molecule has 1 unspecified atom stereocenters. The number of halogens is 3. The lowest BCUT2D eigenvalue weighted by molar-refractivity contribution is -0.207. The molecule has 0 spiro atoms. The van der Waals surface area contributed by atoms with Crippen LogP contribution in [0.5, 0.6) is 0 Å². The van der Waals surface area contributed by atoms with E-state index in [1.807, 2.05) is 0 Å². The topological polar surface area (TPSA) is 98.9 Å². The van der Waals surface area contributed by atoms with Crippen molar-refractivity contribution < 1.29 is 28.8 Å². The van der Waals surface area contributed by atoms with Gasteiger partial charge in [-0.15, -0.1) is 0 Å². The van der Waals surface area contributed by atoms with E-state index >= 15 is 0 Å². The van der Waals surface area contributed by atoms with E-state index in [9.17, 15) is 14.6 Å². The number of fused-ring (bicyclic) bond motifs is 2. The van der Waals surface area contributed by atoms with Gasteiger partial charge in [0.25, 0.3) is 0 Å². The predicted octanol–water partition coefficient (Wildman–Crippen LogP) is 3.56. The summed E-state index contributed by atoms with van der Waals surface area (Å²) in [6.45, 7) is 3.25. The Hall–Kier alpha value is -1.85. The molecular formula is C22H22Cl2FN3O5. The van der Waals surface area contributed by atoms with E-state index in [0.717, 1.165) is 0 Å². The lowest BCUT2D eigenvalue weighted by Gasteiger charge is -2.28. The van der Waals surface area contributed by atoms with E-state index in [-0.39, 0.29) is 29.2 Å². The number of aliphatic hydroxyl groups is 2. The van der Waals surface area contributed by atoms with Crippen LogP contribution in [0.25, 0.3) is 11.0 Å². The standard InChI is InChI=1S/C22H22Cl2FN3O5/c1-22(2)32-17-16(15(30)11-3-4-13(23)14(25)10(11)6-8-29)31-21(18(17)33-22)28-7-5-12-19(24)26-9-27-20(12)28/h3-5,7,9,15-18,21,29-30H,6,8H2,1-2H3/t15?,16-,17-,18-,21-/m1/s1. The number of aromatic nitrogens is 3. The van der Waals surface area contributed by atoms with Crippen LogP contribution in [0.1, 0.15) is 37.3 Å². The maximum atomic E-state index is 14.7. The Morgan fingerprint density at radius 2 is 1.94 bits per heavy atom. The normalized spacial score (nSPS) is 27.2. The minimum atomic E-state index is -1.27. The summed E-state index contributed by atoms with van der Waals surface area (Å²) in [7, 11) is 0. The fourth-order valence-corrected chi connectivity index (χ4v) is 5.03. The zero-order valence-corrected chi connectivity index (χ0v) is 19.3. The van der Waals surface area contributed by atoms with Crippen molar-refractivity contribution in [3.63, 3.8) is 0 Å². The predicted molar refractivity (Wildman–Crippen MR) is 117 cm³/mol. The van der Waals surface area contributed by atoms with Gasteiger partial charge in [-0.25, -0.2) is 14.4 Å². The Morgan fingerprint density at radius 3 is 2.70 bits per heavy atom. The van der Waals surface area contributed by atoms with Gasteiger partial charge >= 0.3 is 0 Å². The summed E-state index contributed by atoms with van der Waals surface area (Å²) in [5.41, 5.74) is 0.942. The van der Waals surface area contributed by atoms with E-state index in [1.54, 1.807) is 30.7 Å². The highest BCUT2D eigenvalue weighted by Gasteiger charge is 2.58. The first-order chi connectivity index (χ1) is 15.7. The molecule has 2 aliphatic heterocycles. The van der Waals surface area contributed by atoms with Crippen LogP contribution >= 0.6 is 23.2 Å². The molecular weight excluding hydrogens is 476 g/mol. The number of nitrogens with zero attached hydrogens (tertiary/aromatic N) is 3. The van der Waals surface area contributed by atoms with Crippen LogP contribution in [0.4, 0.5) is 4.39 Å². The Bertz CT molecular complexity index is 1210. The van der Waals surface area contributed by atoms with Crippen LogP contribution in [-0.2, 0) is 20.6 Å². The van der Waals surface area contributed by atoms with Gasteiger partial charge in [0, 0.05) is 12.8 Å². The molecule has 2 fully saturated rings. The SMILES string of the molecule is CC1(C)O[C@@H]2[C@H](O1)[C@@H](C(O)c1ccc(Cl)c(F)c1CCO)O[C@H]2n1ccc2c(Cl)ncnc21. The molecule has 4 heterocycles. The van der Waals surface area contributed by atoms with Crippen LogP contribution in [0.2, 0.25) is 10.2 Å². The summed E-state index contributed by atoms with van der Waals surface area (Å²) < 4.78 is 35.0. The molecule has 0 amide bonds. The van der Waals surface area contributed by atoms with Gasteiger partial charge in [-0.05, 0) is 43.5 Å². The lowest BCUT2D eigenvalue weighted by Crippen LogP contribution is -2.34. The maximum Gasteiger partial charge on any atom is 0.164 e. The number of ether oxygens (including phenoxy) is 3. The van der Waals surface area contributed by atoms with Gasteiger partial charge in [0.15, 0.2) is 12.0 Å². The van der Waals surface area contributed by atoms with Gasteiger partial charge in [-0.2, -0.15) is 0 Å². The fourth-order valence-electron chi connectivity index (χ4n) is 4.66. The third-order valence-electron chi connectivity index (χ3n) is 6.02. The maximum absolute atomic E-state index is 14.7. The van der Waals surface area contributed by atoms with Crippen molar-refractivity contribution in [2.45, 2.75) is 56.7 Å². The van der Waals surface area contributed by atoms with Crippen molar-refractivity contribution in [1.82, 2.24) is 14.5 Å². The van der Waals surface area contributed by atoms with E-state index in [4.69, 9.17) is 37.4 Å². The second-order valence-electron chi connectivity index (χ2n) is 8.53. The molecule has 1 aromatic carbocycles. The van der Waals surface area contributed by atoms with Crippen molar-refractivity contribution in [2.24, 2.45) is 0 Å². The first kappa shape index (κ1) is 22.9. The molecule has 2 aliphatic rings. The molecule has 3 aromatic rings. The second-order valence-corrected chi connectivity index (χ2v) is 9.29. The Labute approximate surface area is 198 Å². The van der Waals surface area contributed by atoms with Crippen LogP contribution in [0, 0.1) is 5.82 Å². The summed E-state index contributed by atoms with van der Waals surface area (Å²) in [4.78, 5) is 8.32. The zero-order chi connectivity index (χ0) is 23.5. The Morgan fingerprint density at radius 1 is 1.18 bits per heavy atom. The van der Waals surface area contributed by atoms with Gasteiger partial charge in [0.05, 0.1) is 10.4 Å². The van der Waals surface area contributed by atoms with Gasteiger partial charge in [-0.3, -0.25) is 0 Å². The molecule has 176 valence electrons. The van der Waals surface area contributed by atoms with Gasteiger partial charge in [0.2, 0.25) is 0 Å². The van der Waals surface area contributed by atoms with Crippen LogP contribution in [-0.4, -0.2) is 55.5 Å². The largest absolute Gasteiger partial charge is 0.396 e. The molecule has 0 radical (unpaired) electrons. The molecule has 11 heteroatoms. The van der Waals surface area contributed by atoms with E-state index in [2.05, 4.69) is 9.97 Å². The summed E-state index contributed by atoms with van der Waals surface area (Å²) in [6.07, 6.45) is -0.994. The average molecular weight is 498 g/mol. The Kier molecular flexibility index (Phi) is 5.85. The van der Waals surface area contributed by atoms with Crippen LogP contribution in [0.3, 0.4) is 0 Å².